The molecule has 1 fully saturated rings. The fraction of sp³-hybridized carbons (Fsp3) is 1.00. The Hall–Kier alpha value is 0.270. The minimum absolute atomic E-state index is 0.838. The Kier molecular flexibility index (Phi) is 2.66. The van der Waals surface area contributed by atoms with Gasteiger partial charge < -0.3 is 0 Å². The Morgan fingerprint density at radius 2 is 2.62 bits per heavy atom. The Bertz CT molecular complexity index is 61.4. The second kappa shape index (κ2) is 3.33. The van der Waals surface area contributed by atoms with Gasteiger partial charge in [0, 0.05) is 6.54 Å². The molecule has 1 rings (SSSR count). The zero-order valence-corrected chi connectivity index (χ0v) is 5.71. The predicted octanol–water partition coefficient (Wildman–Crippen LogP) is 0.203. The average molecular weight is 132 g/mol. The fourth-order valence-corrected chi connectivity index (χ4v) is 2.20. The van der Waals surface area contributed by atoms with Crippen LogP contribution in [0.15, 0.2) is 0 Å². The van der Waals surface area contributed by atoms with Crippen LogP contribution in [0.4, 0.5) is 0 Å². The standard InChI is InChI=1S/C5H12N2S/c6-7-3-5-1-2-8-4-5/h5,7H,1-4,6H2/t5-/m1/s1. The van der Waals surface area contributed by atoms with Crippen molar-refractivity contribution in [2.45, 2.75) is 6.42 Å². The van der Waals surface area contributed by atoms with Crippen molar-refractivity contribution in [3.8, 4) is 0 Å². The highest BCUT2D eigenvalue weighted by molar-refractivity contribution is 7.99. The van der Waals surface area contributed by atoms with Crippen LogP contribution < -0.4 is 11.3 Å². The number of nitrogens with one attached hydrogen (secondary N) is 1. The lowest BCUT2D eigenvalue weighted by Gasteiger charge is -2.03. The van der Waals surface area contributed by atoms with Crippen LogP contribution in [-0.4, -0.2) is 18.1 Å². The molecule has 1 heterocycles. The Morgan fingerprint density at radius 1 is 1.75 bits per heavy atom. The molecular formula is C5H12N2S. The molecule has 0 saturated carbocycles. The maximum Gasteiger partial charge on any atom is 0.0134 e. The highest BCUT2D eigenvalue weighted by Gasteiger charge is 2.13. The molecule has 0 aromatic heterocycles. The summed E-state index contributed by atoms with van der Waals surface area (Å²) in [6, 6.07) is 0. The summed E-state index contributed by atoms with van der Waals surface area (Å²) in [5.41, 5.74) is 2.70. The molecule has 0 amide bonds. The van der Waals surface area contributed by atoms with Crippen molar-refractivity contribution in [2.75, 3.05) is 18.1 Å². The molecule has 0 aromatic rings. The summed E-state index contributed by atoms with van der Waals surface area (Å²) in [4.78, 5) is 0. The summed E-state index contributed by atoms with van der Waals surface area (Å²) in [5.74, 6) is 8.61. The first-order valence-corrected chi connectivity index (χ1v) is 4.10. The molecule has 3 N–H and O–H groups in total. The van der Waals surface area contributed by atoms with Gasteiger partial charge in [0.2, 0.25) is 0 Å². The van der Waals surface area contributed by atoms with E-state index in [2.05, 4.69) is 5.43 Å². The van der Waals surface area contributed by atoms with Crippen LogP contribution in [0.3, 0.4) is 0 Å². The molecule has 1 atom stereocenters. The lowest BCUT2D eigenvalue weighted by molar-refractivity contribution is 0.536. The van der Waals surface area contributed by atoms with Crippen molar-refractivity contribution in [1.29, 1.82) is 0 Å². The van der Waals surface area contributed by atoms with Crippen molar-refractivity contribution >= 4 is 11.8 Å². The summed E-state index contributed by atoms with van der Waals surface area (Å²) < 4.78 is 0. The molecule has 0 aromatic carbocycles. The van der Waals surface area contributed by atoms with Gasteiger partial charge in [0.1, 0.15) is 0 Å². The number of hydrazine groups is 1. The number of hydrogen-bond donors (Lipinski definition) is 2. The van der Waals surface area contributed by atoms with Crippen molar-refractivity contribution in [2.24, 2.45) is 11.8 Å². The van der Waals surface area contributed by atoms with Crippen molar-refractivity contribution in [3.63, 3.8) is 0 Å². The first-order valence-electron chi connectivity index (χ1n) is 2.94. The first-order chi connectivity index (χ1) is 3.93. The van der Waals surface area contributed by atoms with Crippen LogP contribution >= 0.6 is 11.8 Å². The van der Waals surface area contributed by atoms with Gasteiger partial charge in [0.15, 0.2) is 0 Å². The lowest BCUT2D eigenvalue weighted by Crippen LogP contribution is -2.28. The summed E-state index contributed by atoms with van der Waals surface area (Å²) >= 11 is 2.03. The summed E-state index contributed by atoms with van der Waals surface area (Å²) in [7, 11) is 0. The summed E-state index contributed by atoms with van der Waals surface area (Å²) in [5, 5.41) is 0. The van der Waals surface area contributed by atoms with Crippen molar-refractivity contribution in [3.05, 3.63) is 0 Å². The topological polar surface area (TPSA) is 38.0 Å². The van der Waals surface area contributed by atoms with Gasteiger partial charge in [-0.2, -0.15) is 11.8 Å². The van der Waals surface area contributed by atoms with E-state index in [0.29, 0.717) is 0 Å². The molecule has 0 aliphatic carbocycles. The molecule has 1 aliphatic heterocycles. The maximum absolute atomic E-state index is 5.15. The van der Waals surface area contributed by atoms with Crippen LogP contribution in [0.2, 0.25) is 0 Å². The van der Waals surface area contributed by atoms with Crippen molar-refractivity contribution in [1.82, 2.24) is 5.43 Å². The van der Waals surface area contributed by atoms with Crippen LogP contribution in [0.5, 0.6) is 0 Å². The van der Waals surface area contributed by atoms with E-state index in [4.69, 9.17) is 5.84 Å². The van der Waals surface area contributed by atoms with E-state index in [1.54, 1.807) is 0 Å². The molecule has 0 bridgehead atoms. The molecular weight excluding hydrogens is 120 g/mol. The van der Waals surface area contributed by atoms with E-state index in [0.717, 1.165) is 12.5 Å². The first kappa shape index (κ1) is 6.39. The molecule has 3 heteroatoms. The van der Waals surface area contributed by atoms with Gasteiger partial charge >= 0.3 is 0 Å². The predicted molar refractivity (Wildman–Crippen MR) is 37.6 cm³/mol. The van der Waals surface area contributed by atoms with Gasteiger partial charge in [-0.05, 0) is 23.8 Å². The van der Waals surface area contributed by atoms with E-state index < -0.39 is 0 Å². The lowest BCUT2D eigenvalue weighted by atomic mass is 10.1. The molecule has 0 spiro atoms. The maximum atomic E-state index is 5.15. The number of hydrogen-bond acceptors (Lipinski definition) is 3. The van der Waals surface area contributed by atoms with Gasteiger partial charge in [-0.3, -0.25) is 11.3 Å². The van der Waals surface area contributed by atoms with Gasteiger partial charge in [-0.15, -0.1) is 0 Å². The van der Waals surface area contributed by atoms with Gasteiger partial charge in [-0.25, -0.2) is 0 Å². The molecule has 1 aliphatic rings. The molecule has 0 radical (unpaired) electrons. The fourth-order valence-electron chi connectivity index (χ4n) is 0.911. The smallest absolute Gasteiger partial charge is 0.0134 e. The Balaban J connectivity index is 2.06. The number of nitrogens with two attached hydrogens (primary N) is 1. The van der Waals surface area contributed by atoms with Crippen LogP contribution in [0.25, 0.3) is 0 Å². The SMILES string of the molecule is NNC[C@H]1CCSC1. The van der Waals surface area contributed by atoms with Gasteiger partial charge in [0.05, 0.1) is 0 Å². The third-order valence-corrected chi connectivity index (χ3v) is 2.66. The molecule has 48 valence electrons. The highest BCUT2D eigenvalue weighted by Crippen LogP contribution is 2.21. The molecule has 0 unspecified atom stereocenters. The van der Waals surface area contributed by atoms with Crippen LogP contribution in [0.1, 0.15) is 6.42 Å². The van der Waals surface area contributed by atoms with Crippen molar-refractivity contribution < 1.29 is 0 Å². The monoisotopic (exact) mass is 132 g/mol. The summed E-state index contributed by atoms with van der Waals surface area (Å²) in [6.45, 7) is 0.993. The largest absolute Gasteiger partial charge is 0.271 e. The minimum Gasteiger partial charge on any atom is -0.271 e. The number of thioether (sulfide) groups is 1. The minimum atomic E-state index is 0.838. The Labute approximate surface area is 54.2 Å². The van der Waals surface area contributed by atoms with E-state index in [9.17, 15) is 0 Å². The molecule has 1 saturated heterocycles. The Morgan fingerprint density at radius 3 is 3.12 bits per heavy atom. The van der Waals surface area contributed by atoms with E-state index in [1.165, 1.54) is 17.9 Å². The van der Waals surface area contributed by atoms with E-state index >= 15 is 0 Å². The zero-order chi connectivity index (χ0) is 5.82. The third-order valence-electron chi connectivity index (χ3n) is 1.43. The zero-order valence-electron chi connectivity index (χ0n) is 4.89. The van der Waals surface area contributed by atoms with Gasteiger partial charge in [-0.1, -0.05) is 0 Å². The number of rotatable bonds is 2. The third kappa shape index (κ3) is 1.65. The molecule has 8 heavy (non-hydrogen) atoms. The normalized spacial score (nSPS) is 28.9. The van der Waals surface area contributed by atoms with Crippen LogP contribution in [-0.2, 0) is 0 Å². The second-order valence-corrected chi connectivity index (χ2v) is 3.29. The highest BCUT2D eigenvalue weighted by atomic mass is 32.2. The quantitative estimate of drug-likeness (QED) is 0.416. The molecule has 2 nitrogen and oxygen atoms in total. The second-order valence-electron chi connectivity index (χ2n) is 2.14. The average Bonchev–Trinajstić information content (AvgIpc) is 2.19. The van der Waals surface area contributed by atoms with Gasteiger partial charge in [0.25, 0.3) is 0 Å². The van der Waals surface area contributed by atoms with E-state index in [1.807, 2.05) is 11.8 Å². The summed E-state index contributed by atoms with van der Waals surface area (Å²) in [6.07, 6.45) is 1.34. The van der Waals surface area contributed by atoms with E-state index in [-0.39, 0.29) is 0 Å². The van der Waals surface area contributed by atoms with Crippen LogP contribution in [0, 0.1) is 5.92 Å².